The van der Waals surface area contributed by atoms with E-state index < -0.39 is 0 Å². The molecule has 1 aliphatic heterocycles. The van der Waals surface area contributed by atoms with Crippen LogP contribution in [0, 0.1) is 0 Å². The monoisotopic (exact) mass is 254 g/mol. The number of rotatable bonds is 4. The summed E-state index contributed by atoms with van der Waals surface area (Å²) in [7, 11) is 0. The molecule has 2 rings (SSSR count). The Morgan fingerprint density at radius 3 is 3.06 bits per heavy atom. The first-order valence-corrected chi connectivity index (χ1v) is 6.02. The molecule has 1 aromatic rings. The number of cyclic esters (lactones) is 1. The second-order valence-corrected chi connectivity index (χ2v) is 4.46. The van der Waals surface area contributed by atoms with Crippen molar-refractivity contribution in [1.29, 1.82) is 0 Å². The number of carbonyl (C=O) groups is 1. The van der Waals surface area contributed by atoms with E-state index in [9.17, 15) is 4.79 Å². The molecule has 1 aliphatic rings. The van der Waals surface area contributed by atoms with Gasteiger partial charge in [-0.1, -0.05) is 17.7 Å². The highest BCUT2D eigenvalue weighted by atomic mass is 35.5. The summed E-state index contributed by atoms with van der Waals surface area (Å²) in [6.07, 6.45) is 1.29. The molecule has 1 amide bonds. The zero-order valence-electron chi connectivity index (χ0n) is 9.43. The number of halogens is 1. The Morgan fingerprint density at radius 2 is 2.35 bits per heavy atom. The Labute approximate surface area is 105 Å². The Morgan fingerprint density at radius 1 is 1.53 bits per heavy atom. The topological polar surface area (TPSA) is 55.6 Å². The molecule has 2 N–H and O–H groups in total. The summed E-state index contributed by atoms with van der Waals surface area (Å²) in [5.74, 6) is 0. The number of nitrogens with zero attached hydrogens (tertiary/aromatic N) is 1. The summed E-state index contributed by atoms with van der Waals surface area (Å²) in [5.41, 5.74) is 6.21. The molecule has 1 aromatic carbocycles. The number of hydrogen-bond donors (Lipinski definition) is 1. The molecule has 5 heteroatoms. The third kappa shape index (κ3) is 2.90. The van der Waals surface area contributed by atoms with Crippen molar-refractivity contribution in [2.75, 3.05) is 18.0 Å². The third-order valence-corrected chi connectivity index (χ3v) is 2.96. The van der Waals surface area contributed by atoms with Gasteiger partial charge < -0.3 is 10.5 Å². The fraction of sp³-hybridized carbons (Fsp3) is 0.417. The molecule has 0 saturated carbocycles. The van der Waals surface area contributed by atoms with Crippen LogP contribution in [-0.4, -0.2) is 25.3 Å². The van der Waals surface area contributed by atoms with Crippen molar-refractivity contribution in [3.05, 3.63) is 29.3 Å². The summed E-state index contributed by atoms with van der Waals surface area (Å²) >= 11 is 5.90. The summed E-state index contributed by atoms with van der Waals surface area (Å²) in [6.45, 7) is 1.18. The summed E-state index contributed by atoms with van der Waals surface area (Å²) < 4.78 is 5.26. The van der Waals surface area contributed by atoms with Crippen LogP contribution in [0.25, 0.3) is 0 Å². The maximum absolute atomic E-state index is 11.7. The molecule has 4 nitrogen and oxygen atoms in total. The van der Waals surface area contributed by atoms with E-state index in [2.05, 4.69) is 0 Å². The molecular formula is C12H15ClN2O2. The fourth-order valence-corrected chi connectivity index (χ4v) is 2.06. The van der Waals surface area contributed by atoms with E-state index in [0.717, 1.165) is 18.5 Å². The minimum absolute atomic E-state index is 0.0648. The smallest absolute Gasteiger partial charge is 0.414 e. The van der Waals surface area contributed by atoms with Crippen molar-refractivity contribution in [2.24, 2.45) is 5.73 Å². The molecule has 0 radical (unpaired) electrons. The lowest BCUT2D eigenvalue weighted by Gasteiger charge is -2.12. The molecule has 17 heavy (non-hydrogen) atoms. The Bertz CT molecular complexity index is 411. The lowest BCUT2D eigenvalue weighted by molar-refractivity contribution is 0.136. The lowest BCUT2D eigenvalue weighted by Crippen LogP contribution is -2.24. The van der Waals surface area contributed by atoms with Crippen LogP contribution in [0.1, 0.15) is 12.8 Å². The highest BCUT2D eigenvalue weighted by molar-refractivity contribution is 6.30. The van der Waals surface area contributed by atoms with Gasteiger partial charge in [-0.05, 0) is 37.6 Å². The van der Waals surface area contributed by atoms with E-state index >= 15 is 0 Å². The first kappa shape index (κ1) is 12.2. The highest BCUT2D eigenvalue weighted by Crippen LogP contribution is 2.25. The average Bonchev–Trinajstić information content (AvgIpc) is 2.68. The van der Waals surface area contributed by atoms with Crippen LogP contribution in [0.3, 0.4) is 0 Å². The van der Waals surface area contributed by atoms with Crippen LogP contribution in [0.2, 0.25) is 5.02 Å². The van der Waals surface area contributed by atoms with E-state index in [1.807, 2.05) is 12.1 Å². The standard InChI is InChI=1S/C12H15ClN2O2/c13-9-3-1-4-10(7-9)15-8-11(5-2-6-14)17-12(15)16/h1,3-4,7,11H,2,5-6,8,14H2. The summed E-state index contributed by atoms with van der Waals surface area (Å²) in [4.78, 5) is 13.3. The molecule has 0 bridgehead atoms. The molecule has 0 aliphatic carbocycles. The molecule has 1 atom stereocenters. The predicted octanol–water partition coefficient (Wildman–Crippen LogP) is 2.40. The van der Waals surface area contributed by atoms with Gasteiger partial charge in [-0.15, -0.1) is 0 Å². The van der Waals surface area contributed by atoms with Crippen molar-refractivity contribution in [1.82, 2.24) is 0 Å². The van der Waals surface area contributed by atoms with Gasteiger partial charge in [0.1, 0.15) is 6.10 Å². The van der Waals surface area contributed by atoms with Crippen LogP contribution in [0.15, 0.2) is 24.3 Å². The third-order valence-electron chi connectivity index (χ3n) is 2.72. The van der Waals surface area contributed by atoms with Gasteiger partial charge in [-0.2, -0.15) is 0 Å². The number of benzene rings is 1. The maximum atomic E-state index is 11.7. The second-order valence-electron chi connectivity index (χ2n) is 4.03. The molecule has 0 spiro atoms. The van der Waals surface area contributed by atoms with Crippen molar-refractivity contribution in [3.63, 3.8) is 0 Å². The minimum atomic E-state index is -0.311. The van der Waals surface area contributed by atoms with E-state index in [-0.39, 0.29) is 12.2 Å². The van der Waals surface area contributed by atoms with Crippen molar-refractivity contribution in [3.8, 4) is 0 Å². The largest absolute Gasteiger partial charge is 0.444 e. The fourth-order valence-electron chi connectivity index (χ4n) is 1.87. The summed E-state index contributed by atoms with van der Waals surface area (Å²) in [5, 5.41) is 0.612. The molecule has 92 valence electrons. The highest BCUT2D eigenvalue weighted by Gasteiger charge is 2.31. The van der Waals surface area contributed by atoms with Gasteiger partial charge in [0.15, 0.2) is 0 Å². The quantitative estimate of drug-likeness (QED) is 0.898. The summed E-state index contributed by atoms with van der Waals surface area (Å²) in [6, 6.07) is 7.20. The van der Waals surface area contributed by atoms with Crippen molar-refractivity contribution >= 4 is 23.4 Å². The van der Waals surface area contributed by atoms with E-state index in [1.165, 1.54) is 0 Å². The average molecular weight is 255 g/mol. The normalized spacial score (nSPS) is 19.5. The van der Waals surface area contributed by atoms with Crippen molar-refractivity contribution < 1.29 is 9.53 Å². The SMILES string of the molecule is NCCCC1CN(c2cccc(Cl)c2)C(=O)O1. The predicted molar refractivity (Wildman–Crippen MR) is 67.4 cm³/mol. The van der Waals surface area contributed by atoms with Gasteiger partial charge in [-0.3, -0.25) is 4.90 Å². The molecule has 1 saturated heterocycles. The van der Waals surface area contributed by atoms with Crippen LogP contribution >= 0.6 is 11.6 Å². The second kappa shape index (κ2) is 5.38. The molecular weight excluding hydrogens is 240 g/mol. The zero-order valence-corrected chi connectivity index (χ0v) is 10.2. The van der Waals surface area contributed by atoms with Crippen LogP contribution in [0.5, 0.6) is 0 Å². The van der Waals surface area contributed by atoms with Gasteiger partial charge in [0.25, 0.3) is 0 Å². The Balaban J connectivity index is 2.05. The zero-order chi connectivity index (χ0) is 12.3. The number of ether oxygens (including phenoxy) is 1. The number of nitrogens with two attached hydrogens (primary N) is 1. The van der Waals surface area contributed by atoms with Gasteiger partial charge >= 0.3 is 6.09 Å². The number of carbonyl (C=O) groups excluding carboxylic acids is 1. The van der Waals surface area contributed by atoms with E-state index in [0.29, 0.717) is 18.1 Å². The minimum Gasteiger partial charge on any atom is -0.444 e. The molecule has 1 unspecified atom stereocenters. The number of amides is 1. The first-order valence-electron chi connectivity index (χ1n) is 5.64. The Hall–Kier alpha value is -1.26. The molecule has 1 fully saturated rings. The number of anilines is 1. The first-order chi connectivity index (χ1) is 8.20. The molecule has 0 aromatic heterocycles. The number of hydrogen-bond acceptors (Lipinski definition) is 3. The van der Waals surface area contributed by atoms with Crippen LogP contribution in [0.4, 0.5) is 10.5 Å². The van der Waals surface area contributed by atoms with Gasteiger partial charge in [0.05, 0.1) is 6.54 Å². The van der Waals surface area contributed by atoms with Gasteiger partial charge in [0, 0.05) is 10.7 Å². The lowest BCUT2D eigenvalue weighted by atomic mass is 10.2. The van der Waals surface area contributed by atoms with Gasteiger partial charge in [-0.25, -0.2) is 4.79 Å². The van der Waals surface area contributed by atoms with E-state index in [4.69, 9.17) is 22.1 Å². The van der Waals surface area contributed by atoms with E-state index in [1.54, 1.807) is 17.0 Å². The Kier molecular flexibility index (Phi) is 3.86. The van der Waals surface area contributed by atoms with Crippen LogP contribution < -0.4 is 10.6 Å². The maximum Gasteiger partial charge on any atom is 0.414 e. The van der Waals surface area contributed by atoms with Crippen LogP contribution in [-0.2, 0) is 4.74 Å². The van der Waals surface area contributed by atoms with Crippen molar-refractivity contribution in [2.45, 2.75) is 18.9 Å². The van der Waals surface area contributed by atoms with Gasteiger partial charge in [0.2, 0.25) is 0 Å². The molecule has 1 heterocycles.